The standard InChI is InChI=1S/C14H25N3O/c1-6-9-15-13-10(4)12(7-2)16-14(17-13)11(5)18-8-3/h11H,6-9H2,1-5H3,(H,15,16,17). The van der Waals surface area contributed by atoms with E-state index in [-0.39, 0.29) is 6.10 Å². The van der Waals surface area contributed by atoms with Crippen molar-refractivity contribution in [2.75, 3.05) is 18.5 Å². The molecule has 0 radical (unpaired) electrons. The van der Waals surface area contributed by atoms with Crippen molar-refractivity contribution in [3.05, 3.63) is 17.1 Å². The molecular weight excluding hydrogens is 226 g/mol. The van der Waals surface area contributed by atoms with E-state index in [4.69, 9.17) is 4.74 Å². The summed E-state index contributed by atoms with van der Waals surface area (Å²) in [5, 5.41) is 3.37. The second-order valence-corrected chi connectivity index (χ2v) is 4.38. The van der Waals surface area contributed by atoms with E-state index < -0.39 is 0 Å². The van der Waals surface area contributed by atoms with Gasteiger partial charge in [0.15, 0.2) is 5.82 Å². The molecule has 0 bridgehead atoms. The van der Waals surface area contributed by atoms with Crippen molar-refractivity contribution >= 4 is 5.82 Å². The van der Waals surface area contributed by atoms with E-state index in [1.807, 2.05) is 13.8 Å². The molecule has 1 N–H and O–H groups in total. The largest absolute Gasteiger partial charge is 0.371 e. The molecule has 0 aliphatic heterocycles. The summed E-state index contributed by atoms with van der Waals surface area (Å²) in [6.07, 6.45) is 1.95. The first kappa shape index (κ1) is 14.9. The molecule has 102 valence electrons. The Morgan fingerprint density at radius 3 is 2.50 bits per heavy atom. The van der Waals surface area contributed by atoms with Gasteiger partial charge < -0.3 is 10.1 Å². The zero-order chi connectivity index (χ0) is 13.5. The third kappa shape index (κ3) is 3.67. The van der Waals surface area contributed by atoms with Gasteiger partial charge in [0.1, 0.15) is 11.9 Å². The SMILES string of the molecule is CCCNc1nc(C(C)OCC)nc(CC)c1C. The predicted octanol–water partition coefficient (Wildman–Crippen LogP) is 3.27. The van der Waals surface area contributed by atoms with E-state index in [9.17, 15) is 0 Å². The Balaban J connectivity index is 3.04. The van der Waals surface area contributed by atoms with Gasteiger partial charge in [-0.25, -0.2) is 9.97 Å². The van der Waals surface area contributed by atoms with Gasteiger partial charge in [-0.05, 0) is 33.6 Å². The number of nitrogens with zero attached hydrogens (tertiary/aromatic N) is 2. The molecule has 4 heteroatoms. The molecule has 1 rings (SSSR count). The molecular formula is C14H25N3O. The van der Waals surface area contributed by atoms with Crippen molar-refractivity contribution in [1.82, 2.24) is 9.97 Å². The van der Waals surface area contributed by atoms with Crippen molar-refractivity contribution < 1.29 is 4.74 Å². The molecule has 1 atom stereocenters. The monoisotopic (exact) mass is 251 g/mol. The van der Waals surface area contributed by atoms with Crippen LogP contribution in [0.5, 0.6) is 0 Å². The fraction of sp³-hybridized carbons (Fsp3) is 0.714. The summed E-state index contributed by atoms with van der Waals surface area (Å²) in [5.74, 6) is 1.73. The molecule has 1 unspecified atom stereocenters. The minimum absolute atomic E-state index is 0.0527. The number of rotatable bonds is 7. The van der Waals surface area contributed by atoms with Crippen LogP contribution < -0.4 is 5.32 Å². The molecule has 18 heavy (non-hydrogen) atoms. The lowest BCUT2D eigenvalue weighted by atomic mass is 10.2. The van der Waals surface area contributed by atoms with Crippen LogP contribution in [0.4, 0.5) is 5.82 Å². The van der Waals surface area contributed by atoms with Crippen molar-refractivity contribution in [2.24, 2.45) is 0 Å². The van der Waals surface area contributed by atoms with Crippen LogP contribution in [0.15, 0.2) is 0 Å². The Hall–Kier alpha value is -1.16. The fourth-order valence-electron chi connectivity index (χ4n) is 1.85. The summed E-state index contributed by atoms with van der Waals surface area (Å²) in [6.45, 7) is 11.9. The zero-order valence-corrected chi connectivity index (χ0v) is 12.2. The predicted molar refractivity (Wildman–Crippen MR) is 75.0 cm³/mol. The van der Waals surface area contributed by atoms with Crippen LogP contribution in [0.25, 0.3) is 0 Å². The summed E-state index contributed by atoms with van der Waals surface area (Å²) in [4.78, 5) is 9.19. The van der Waals surface area contributed by atoms with Gasteiger partial charge in [-0.1, -0.05) is 13.8 Å². The number of hydrogen-bond acceptors (Lipinski definition) is 4. The first-order valence-electron chi connectivity index (χ1n) is 6.86. The Bertz CT molecular complexity index is 380. The van der Waals surface area contributed by atoms with Gasteiger partial charge in [0.2, 0.25) is 0 Å². The van der Waals surface area contributed by atoms with Crippen LogP contribution in [0.3, 0.4) is 0 Å². The van der Waals surface area contributed by atoms with E-state index >= 15 is 0 Å². The summed E-state index contributed by atoms with van der Waals surface area (Å²) in [5.41, 5.74) is 2.25. The summed E-state index contributed by atoms with van der Waals surface area (Å²) >= 11 is 0. The Morgan fingerprint density at radius 1 is 1.22 bits per heavy atom. The Labute approximate surface area is 110 Å². The van der Waals surface area contributed by atoms with Gasteiger partial charge >= 0.3 is 0 Å². The molecule has 1 aromatic heterocycles. The van der Waals surface area contributed by atoms with Gasteiger partial charge in [-0.3, -0.25) is 0 Å². The van der Waals surface area contributed by atoms with Gasteiger partial charge in [-0.15, -0.1) is 0 Å². The first-order chi connectivity index (χ1) is 8.63. The number of hydrogen-bond donors (Lipinski definition) is 1. The summed E-state index contributed by atoms with van der Waals surface area (Å²) in [6, 6.07) is 0. The van der Waals surface area contributed by atoms with Crippen molar-refractivity contribution in [3.63, 3.8) is 0 Å². The molecule has 0 saturated heterocycles. The minimum atomic E-state index is -0.0527. The van der Waals surface area contributed by atoms with E-state index in [0.29, 0.717) is 6.61 Å². The smallest absolute Gasteiger partial charge is 0.159 e. The molecule has 1 aromatic rings. The number of anilines is 1. The van der Waals surface area contributed by atoms with E-state index in [1.54, 1.807) is 0 Å². The minimum Gasteiger partial charge on any atom is -0.371 e. The highest BCUT2D eigenvalue weighted by Gasteiger charge is 2.14. The maximum atomic E-state index is 5.57. The molecule has 4 nitrogen and oxygen atoms in total. The lowest BCUT2D eigenvalue weighted by Crippen LogP contribution is -2.13. The number of nitrogens with one attached hydrogen (secondary N) is 1. The topological polar surface area (TPSA) is 47.0 Å². The van der Waals surface area contributed by atoms with Crippen molar-refractivity contribution in [2.45, 2.75) is 53.6 Å². The number of ether oxygens (including phenoxy) is 1. The van der Waals surface area contributed by atoms with Gasteiger partial charge in [0, 0.05) is 24.4 Å². The Morgan fingerprint density at radius 2 is 1.94 bits per heavy atom. The molecule has 0 saturated carbocycles. The third-order valence-electron chi connectivity index (χ3n) is 2.92. The number of aromatic nitrogens is 2. The second-order valence-electron chi connectivity index (χ2n) is 4.38. The molecule has 0 fully saturated rings. The fourth-order valence-corrected chi connectivity index (χ4v) is 1.85. The Kier molecular flexibility index (Phi) is 6.05. The molecule has 1 heterocycles. The first-order valence-corrected chi connectivity index (χ1v) is 6.86. The molecule has 0 aliphatic carbocycles. The summed E-state index contributed by atoms with van der Waals surface area (Å²) in [7, 11) is 0. The van der Waals surface area contributed by atoms with Crippen molar-refractivity contribution in [1.29, 1.82) is 0 Å². The van der Waals surface area contributed by atoms with Crippen LogP contribution in [0.2, 0.25) is 0 Å². The van der Waals surface area contributed by atoms with E-state index in [0.717, 1.165) is 42.3 Å². The zero-order valence-electron chi connectivity index (χ0n) is 12.2. The average Bonchev–Trinajstić information content (AvgIpc) is 2.37. The van der Waals surface area contributed by atoms with Gasteiger partial charge in [0.05, 0.1) is 0 Å². The van der Waals surface area contributed by atoms with Crippen LogP contribution in [-0.4, -0.2) is 23.1 Å². The lowest BCUT2D eigenvalue weighted by Gasteiger charge is -2.16. The highest BCUT2D eigenvalue weighted by molar-refractivity contribution is 5.46. The third-order valence-corrected chi connectivity index (χ3v) is 2.92. The maximum absolute atomic E-state index is 5.57. The van der Waals surface area contributed by atoms with Crippen molar-refractivity contribution in [3.8, 4) is 0 Å². The van der Waals surface area contributed by atoms with Gasteiger partial charge in [0.25, 0.3) is 0 Å². The van der Waals surface area contributed by atoms with E-state index in [2.05, 4.69) is 36.1 Å². The quantitative estimate of drug-likeness (QED) is 0.808. The molecule has 0 aromatic carbocycles. The maximum Gasteiger partial charge on any atom is 0.159 e. The molecule has 0 amide bonds. The lowest BCUT2D eigenvalue weighted by molar-refractivity contribution is 0.0700. The molecule has 0 spiro atoms. The highest BCUT2D eigenvalue weighted by Crippen LogP contribution is 2.20. The van der Waals surface area contributed by atoms with Crippen LogP contribution in [0.1, 0.15) is 57.3 Å². The molecule has 0 aliphatic rings. The summed E-state index contributed by atoms with van der Waals surface area (Å²) < 4.78 is 5.57. The average molecular weight is 251 g/mol. The van der Waals surface area contributed by atoms with Gasteiger partial charge in [-0.2, -0.15) is 0 Å². The van der Waals surface area contributed by atoms with Crippen LogP contribution >= 0.6 is 0 Å². The van der Waals surface area contributed by atoms with Crippen LogP contribution in [0, 0.1) is 6.92 Å². The van der Waals surface area contributed by atoms with E-state index in [1.165, 1.54) is 0 Å². The second kappa shape index (κ2) is 7.31. The van der Waals surface area contributed by atoms with Crippen LogP contribution in [-0.2, 0) is 11.2 Å². The highest BCUT2D eigenvalue weighted by atomic mass is 16.5. The number of aryl methyl sites for hydroxylation is 1. The normalized spacial score (nSPS) is 12.5.